The number of hydrogen-bond donors (Lipinski definition) is 1. The fourth-order valence-electron chi connectivity index (χ4n) is 3.18. The van der Waals surface area contributed by atoms with Crippen molar-refractivity contribution in [3.63, 3.8) is 0 Å². The average Bonchev–Trinajstić information content (AvgIpc) is 2.51. The van der Waals surface area contributed by atoms with Gasteiger partial charge in [0, 0.05) is 36.4 Å². The minimum absolute atomic E-state index is 0.221. The molecule has 0 radical (unpaired) electrons. The first kappa shape index (κ1) is 17.9. The van der Waals surface area contributed by atoms with Crippen molar-refractivity contribution >= 4 is 26.6 Å². The highest BCUT2D eigenvalue weighted by atomic mass is 32.2. The zero-order chi connectivity index (χ0) is 18.2. The first-order valence-corrected chi connectivity index (χ1v) is 9.71. The second kappa shape index (κ2) is 6.45. The molecule has 2 aromatic rings. The molecule has 1 aliphatic heterocycles. The van der Waals surface area contributed by atoms with Crippen molar-refractivity contribution in [2.24, 2.45) is 0 Å². The molecule has 1 atom stereocenters. The summed E-state index contributed by atoms with van der Waals surface area (Å²) in [7, 11) is -3.31. The summed E-state index contributed by atoms with van der Waals surface area (Å²) >= 11 is 0. The van der Waals surface area contributed by atoms with Crippen LogP contribution in [0.3, 0.4) is 0 Å². The first-order valence-electron chi connectivity index (χ1n) is 7.82. The number of sulfonamides is 1. The Morgan fingerprint density at radius 2 is 2.04 bits per heavy atom. The van der Waals surface area contributed by atoms with Crippen LogP contribution >= 0.6 is 0 Å². The summed E-state index contributed by atoms with van der Waals surface area (Å²) in [5.74, 6) is 0. The molecule has 1 aromatic heterocycles. The SMILES string of the molecule is CS(=O)(=O)NC1CCCN(c2ccnc3cc(C(F)(F)F)ccc23)C1. The summed E-state index contributed by atoms with van der Waals surface area (Å²) < 4.78 is 64.1. The highest BCUT2D eigenvalue weighted by Crippen LogP contribution is 2.34. The summed E-state index contributed by atoms with van der Waals surface area (Å²) in [6.07, 6.45) is -0.304. The third kappa shape index (κ3) is 4.21. The van der Waals surface area contributed by atoms with Gasteiger partial charge in [-0.25, -0.2) is 13.1 Å². The molecule has 1 aromatic carbocycles. The summed E-state index contributed by atoms with van der Waals surface area (Å²) in [5, 5.41) is 0.621. The van der Waals surface area contributed by atoms with Gasteiger partial charge in [0.05, 0.1) is 17.3 Å². The van der Waals surface area contributed by atoms with E-state index in [0.717, 1.165) is 36.9 Å². The summed E-state index contributed by atoms with van der Waals surface area (Å²) in [4.78, 5) is 6.04. The van der Waals surface area contributed by atoms with Crippen molar-refractivity contribution < 1.29 is 21.6 Å². The molecule has 9 heteroatoms. The predicted molar refractivity (Wildman–Crippen MR) is 90.0 cm³/mol. The Morgan fingerprint density at radius 1 is 1.28 bits per heavy atom. The zero-order valence-electron chi connectivity index (χ0n) is 13.5. The van der Waals surface area contributed by atoms with Crippen molar-refractivity contribution in [2.75, 3.05) is 24.2 Å². The van der Waals surface area contributed by atoms with Crippen molar-refractivity contribution in [3.05, 3.63) is 36.0 Å². The number of anilines is 1. The quantitative estimate of drug-likeness (QED) is 0.899. The van der Waals surface area contributed by atoms with E-state index in [2.05, 4.69) is 9.71 Å². The third-order valence-electron chi connectivity index (χ3n) is 4.19. The van der Waals surface area contributed by atoms with Crippen molar-refractivity contribution in [1.29, 1.82) is 0 Å². The molecule has 0 saturated carbocycles. The number of aromatic nitrogens is 1. The van der Waals surface area contributed by atoms with Crippen LogP contribution in [0.25, 0.3) is 10.9 Å². The number of nitrogens with zero attached hydrogens (tertiary/aromatic N) is 2. The van der Waals surface area contributed by atoms with Crippen LogP contribution in [0.1, 0.15) is 18.4 Å². The number of piperidine rings is 1. The molecule has 2 heterocycles. The monoisotopic (exact) mass is 373 g/mol. The second-order valence-corrected chi connectivity index (χ2v) is 8.01. The number of benzene rings is 1. The smallest absolute Gasteiger partial charge is 0.369 e. The largest absolute Gasteiger partial charge is 0.416 e. The van der Waals surface area contributed by atoms with Gasteiger partial charge in [0.2, 0.25) is 10.0 Å². The molecule has 0 amide bonds. The van der Waals surface area contributed by atoms with Crippen LogP contribution in [0.4, 0.5) is 18.9 Å². The lowest BCUT2D eigenvalue weighted by Crippen LogP contribution is -2.47. The molecule has 0 bridgehead atoms. The Kier molecular flexibility index (Phi) is 4.63. The standard InChI is InChI=1S/C16H18F3N3O2S/c1-25(23,24)21-12-3-2-8-22(10-12)15-6-7-20-14-9-11(16(17,18)19)4-5-13(14)15/h4-7,9,12,21H,2-3,8,10H2,1H3. The predicted octanol–water partition coefficient (Wildman–Crippen LogP) is 2.77. The zero-order valence-corrected chi connectivity index (χ0v) is 14.4. The molecule has 136 valence electrons. The van der Waals surface area contributed by atoms with Gasteiger partial charge >= 0.3 is 6.18 Å². The van der Waals surface area contributed by atoms with Crippen LogP contribution in [0.15, 0.2) is 30.5 Å². The van der Waals surface area contributed by atoms with Gasteiger partial charge in [-0.3, -0.25) is 4.98 Å². The molecule has 3 rings (SSSR count). The van der Waals surface area contributed by atoms with Crippen LogP contribution in [0.5, 0.6) is 0 Å². The normalized spacial score (nSPS) is 19.4. The van der Waals surface area contributed by atoms with E-state index < -0.39 is 21.8 Å². The minimum Gasteiger partial charge on any atom is -0.369 e. The van der Waals surface area contributed by atoms with Crippen LogP contribution in [-0.4, -0.2) is 38.8 Å². The van der Waals surface area contributed by atoms with Crippen LogP contribution in [0, 0.1) is 0 Å². The van der Waals surface area contributed by atoms with E-state index in [4.69, 9.17) is 0 Å². The second-order valence-electron chi connectivity index (χ2n) is 6.23. The molecule has 25 heavy (non-hydrogen) atoms. The van der Waals surface area contributed by atoms with Gasteiger partial charge in [0.25, 0.3) is 0 Å². The van der Waals surface area contributed by atoms with Gasteiger partial charge in [0.15, 0.2) is 0 Å². The maximum absolute atomic E-state index is 12.9. The number of pyridine rings is 1. The number of alkyl halides is 3. The van der Waals surface area contributed by atoms with Gasteiger partial charge < -0.3 is 4.90 Å². The average molecular weight is 373 g/mol. The maximum atomic E-state index is 12.9. The van der Waals surface area contributed by atoms with Crippen molar-refractivity contribution in [2.45, 2.75) is 25.1 Å². The number of fused-ring (bicyclic) bond motifs is 1. The van der Waals surface area contributed by atoms with Crippen molar-refractivity contribution in [3.8, 4) is 0 Å². The molecular weight excluding hydrogens is 355 g/mol. The molecule has 1 fully saturated rings. The number of nitrogens with one attached hydrogen (secondary N) is 1. The Morgan fingerprint density at radius 3 is 2.72 bits per heavy atom. The van der Waals surface area contributed by atoms with Gasteiger partial charge in [-0.2, -0.15) is 13.2 Å². The lowest BCUT2D eigenvalue weighted by Gasteiger charge is -2.35. The number of halogens is 3. The molecule has 1 N–H and O–H groups in total. The van der Waals surface area contributed by atoms with E-state index in [1.165, 1.54) is 12.3 Å². The van der Waals surface area contributed by atoms with Gasteiger partial charge in [-0.1, -0.05) is 6.07 Å². The first-order chi connectivity index (χ1) is 11.6. The van der Waals surface area contributed by atoms with Gasteiger partial charge in [-0.05, 0) is 31.0 Å². The highest BCUT2D eigenvalue weighted by Gasteiger charge is 2.31. The van der Waals surface area contributed by atoms with E-state index in [0.29, 0.717) is 18.5 Å². The van der Waals surface area contributed by atoms with E-state index in [1.807, 2.05) is 4.90 Å². The Balaban J connectivity index is 1.93. The molecule has 1 saturated heterocycles. The Hall–Kier alpha value is -1.87. The fourth-order valence-corrected chi connectivity index (χ4v) is 3.98. The number of hydrogen-bond acceptors (Lipinski definition) is 4. The lowest BCUT2D eigenvalue weighted by molar-refractivity contribution is -0.137. The Bertz CT molecular complexity index is 884. The topological polar surface area (TPSA) is 62.3 Å². The lowest BCUT2D eigenvalue weighted by atomic mass is 10.0. The minimum atomic E-state index is -4.42. The summed E-state index contributed by atoms with van der Waals surface area (Å²) in [6, 6.07) is 5.03. The maximum Gasteiger partial charge on any atom is 0.416 e. The van der Waals surface area contributed by atoms with Gasteiger partial charge in [-0.15, -0.1) is 0 Å². The van der Waals surface area contributed by atoms with E-state index in [-0.39, 0.29) is 11.6 Å². The van der Waals surface area contributed by atoms with Gasteiger partial charge in [0.1, 0.15) is 0 Å². The molecule has 5 nitrogen and oxygen atoms in total. The molecule has 1 unspecified atom stereocenters. The summed E-state index contributed by atoms with van der Waals surface area (Å²) in [6.45, 7) is 1.18. The van der Waals surface area contributed by atoms with Crippen LogP contribution in [-0.2, 0) is 16.2 Å². The highest BCUT2D eigenvalue weighted by molar-refractivity contribution is 7.88. The van der Waals surface area contributed by atoms with Crippen LogP contribution < -0.4 is 9.62 Å². The third-order valence-corrected chi connectivity index (χ3v) is 4.95. The number of rotatable bonds is 3. The molecule has 1 aliphatic rings. The molecule has 0 spiro atoms. The van der Waals surface area contributed by atoms with E-state index in [9.17, 15) is 21.6 Å². The van der Waals surface area contributed by atoms with Crippen LogP contribution in [0.2, 0.25) is 0 Å². The van der Waals surface area contributed by atoms with E-state index in [1.54, 1.807) is 6.07 Å². The Labute approximate surface area is 143 Å². The fraction of sp³-hybridized carbons (Fsp3) is 0.438. The van der Waals surface area contributed by atoms with Crippen molar-refractivity contribution in [1.82, 2.24) is 9.71 Å². The van der Waals surface area contributed by atoms with E-state index >= 15 is 0 Å². The molecule has 0 aliphatic carbocycles. The summed E-state index contributed by atoms with van der Waals surface area (Å²) in [5.41, 5.74) is 0.296. The molecular formula is C16H18F3N3O2S.